The summed E-state index contributed by atoms with van der Waals surface area (Å²) in [6, 6.07) is 14.6. The number of nitrogens with zero attached hydrogens (tertiary/aromatic N) is 1. The van der Waals surface area contributed by atoms with Crippen LogP contribution in [0, 0.1) is 6.92 Å². The van der Waals surface area contributed by atoms with Crippen molar-refractivity contribution in [3.05, 3.63) is 65.5 Å². The summed E-state index contributed by atoms with van der Waals surface area (Å²) in [4.78, 5) is 4.31. The third-order valence-electron chi connectivity index (χ3n) is 2.97. The van der Waals surface area contributed by atoms with E-state index in [-0.39, 0.29) is 6.04 Å². The minimum atomic E-state index is 0.151. The molecule has 0 saturated carbocycles. The van der Waals surface area contributed by atoms with Gasteiger partial charge < -0.3 is 11.1 Å². The van der Waals surface area contributed by atoms with Crippen LogP contribution in [0.3, 0.4) is 0 Å². The lowest BCUT2D eigenvalue weighted by molar-refractivity contribution is 0.540. The van der Waals surface area contributed by atoms with Crippen molar-refractivity contribution in [1.29, 1.82) is 0 Å². The minimum Gasteiger partial charge on any atom is -0.329 e. The highest BCUT2D eigenvalue weighted by Crippen LogP contribution is 2.11. The number of hydrogen-bond donors (Lipinski definition) is 2. The molecule has 0 aliphatic rings. The standard InChI is InChI=1S/C15H19N3/c1-12-7-8-14(11-17-12)15(9-16)18-10-13-5-3-2-4-6-13/h2-8,11,15,18H,9-10,16H2,1H3. The first-order chi connectivity index (χ1) is 8.79. The van der Waals surface area contributed by atoms with Crippen LogP contribution in [-0.4, -0.2) is 11.5 Å². The van der Waals surface area contributed by atoms with Crippen molar-refractivity contribution in [3.63, 3.8) is 0 Å². The van der Waals surface area contributed by atoms with Crippen molar-refractivity contribution in [2.24, 2.45) is 5.73 Å². The van der Waals surface area contributed by atoms with E-state index in [0.717, 1.165) is 17.8 Å². The van der Waals surface area contributed by atoms with Crippen LogP contribution >= 0.6 is 0 Å². The van der Waals surface area contributed by atoms with Gasteiger partial charge in [0, 0.05) is 31.0 Å². The largest absolute Gasteiger partial charge is 0.329 e. The number of nitrogens with two attached hydrogens (primary N) is 1. The van der Waals surface area contributed by atoms with Crippen LogP contribution in [-0.2, 0) is 6.54 Å². The molecule has 3 nitrogen and oxygen atoms in total. The molecule has 18 heavy (non-hydrogen) atoms. The molecule has 2 rings (SSSR count). The average Bonchev–Trinajstić information content (AvgIpc) is 2.42. The van der Waals surface area contributed by atoms with Crippen LogP contribution < -0.4 is 11.1 Å². The van der Waals surface area contributed by atoms with E-state index in [1.165, 1.54) is 5.56 Å². The Hall–Kier alpha value is -1.71. The van der Waals surface area contributed by atoms with Gasteiger partial charge >= 0.3 is 0 Å². The predicted molar refractivity (Wildman–Crippen MR) is 74.1 cm³/mol. The highest BCUT2D eigenvalue weighted by molar-refractivity contribution is 5.19. The quantitative estimate of drug-likeness (QED) is 0.843. The fourth-order valence-electron chi connectivity index (χ4n) is 1.86. The average molecular weight is 241 g/mol. The van der Waals surface area contributed by atoms with Crippen molar-refractivity contribution < 1.29 is 0 Å². The van der Waals surface area contributed by atoms with Gasteiger partial charge in [-0.25, -0.2) is 0 Å². The Kier molecular flexibility index (Phi) is 4.45. The third-order valence-corrected chi connectivity index (χ3v) is 2.97. The van der Waals surface area contributed by atoms with E-state index in [9.17, 15) is 0 Å². The highest BCUT2D eigenvalue weighted by Gasteiger charge is 2.08. The van der Waals surface area contributed by atoms with Gasteiger partial charge in [-0.1, -0.05) is 36.4 Å². The second-order valence-corrected chi connectivity index (χ2v) is 4.39. The van der Waals surface area contributed by atoms with E-state index in [0.29, 0.717) is 6.54 Å². The molecule has 1 aromatic carbocycles. The van der Waals surface area contributed by atoms with Crippen molar-refractivity contribution in [1.82, 2.24) is 10.3 Å². The van der Waals surface area contributed by atoms with Gasteiger partial charge in [-0.15, -0.1) is 0 Å². The van der Waals surface area contributed by atoms with E-state index in [4.69, 9.17) is 5.73 Å². The fraction of sp³-hybridized carbons (Fsp3) is 0.267. The number of benzene rings is 1. The van der Waals surface area contributed by atoms with Gasteiger partial charge in [-0.3, -0.25) is 4.98 Å². The zero-order valence-corrected chi connectivity index (χ0v) is 10.6. The molecule has 0 bridgehead atoms. The number of aryl methyl sites for hydroxylation is 1. The minimum absolute atomic E-state index is 0.151. The molecule has 3 N–H and O–H groups in total. The van der Waals surface area contributed by atoms with Gasteiger partial charge in [0.15, 0.2) is 0 Å². The smallest absolute Gasteiger partial charge is 0.0462 e. The van der Waals surface area contributed by atoms with E-state index in [2.05, 4.69) is 28.5 Å². The van der Waals surface area contributed by atoms with Gasteiger partial charge in [0.2, 0.25) is 0 Å². The normalized spacial score (nSPS) is 12.3. The summed E-state index contributed by atoms with van der Waals surface area (Å²) in [6.45, 7) is 3.37. The summed E-state index contributed by atoms with van der Waals surface area (Å²) in [5.41, 5.74) is 9.24. The maximum Gasteiger partial charge on any atom is 0.0462 e. The molecule has 0 saturated heterocycles. The van der Waals surface area contributed by atoms with Crippen molar-refractivity contribution in [2.45, 2.75) is 19.5 Å². The zero-order valence-electron chi connectivity index (χ0n) is 10.6. The summed E-state index contributed by atoms with van der Waals surface area (Å²) in [5.74, 6) is 0. The Morgan fingerprint density at radius 1 is 1.17 bits per heavy atom. The molecule has 1 heterocycles. The second kappa shape index (κ2) is 6.28. The van der Waals surface area contributed by atoms with Crippen LogP contribution in [0.5, 0.6) is 0 Å². The number of rotatable bonds is 5. The molecule has 1 unspecified atom stereocenters. The maximum atomic E-state index is 5.82. The zero-order chi connectivity index (χ0) is 12.8. The molecule has 0 radical (unpaired) electrons. The van der Waals surface area contributed by atoms with Gasteiger partial charge in [0.25, 0.3) is 0 Å². The molecule has 0 amide bonds. The summed E-state index contributed by atoms with van der Waals surface area (Å²) in [6.07, 6.45) is 1.89. The number of hydrogen-bond acceptors (Lipinski definition) is 3. The molecule has 2 aromatic rings. The van der Waals surface area contributed by atoms with Crippen molar-refractivity contribution in [3.8, 4) is 0 Å². The number of nitrogens with one attached hydrogen (secondary N) is 1. The molecule has 1 atom stereocenters. The molecule has 0 fully saturated rings. The fourth-order valence-corrected chi connectivity index (χ4v) is 1.86. The number of aromatic nitrogens is 1. The van der Waals surface area contributed by atoms with E-state index < -0.39 is 0 Å². The van der Waals surface area contributed by atoms with Crippen molar-refractivity contribution in [2.75, 3.05) is 6.54 Å². The first kappa shape index (κ1) is 12.7. The van der Waals surface area contributed by atoms with Crippen LogP contribution in [0.15, 0.2) is 48.7 Å². The highest BCUT2D eigenvalue weighted by atomic mass is 14.9. The van der Waals surface area contributed by atoms with E-state index in [1.54, 1.807) is 0 Å². The maximum absolute atomic E-state index is 5.82. The Balaban J connectivity index is 1.99. The first-order valence-electron chi connectivity index (χ1n) is 6.19. The Morgan fingerprint density at radius 3 is 2.56 bits per heavy atom. The molecular weight excluding hydrogens is 222 g/mol. The van der Waals surface area contributed by atoms with Crippen molar-refractivity contribution >= 4 is 0 Å². The van der Waals surface area contributed by atoms with Gasteiger partial charge in [-0.2, -0.15) is 0 Å². The topological polar surface area (TPSA) is 50.9 Å². The molecule has 0 aliphatic heterocycles. The molecule has 1 aromatic heterocycles. The third kappa shape index (κ3) is 3.39. The lowest BCUT2D eigenvalue weighted by Gasteiger charge is -2.17. The summed E-state index contributed by atoms with van der Waals surface area (Å²) < 4.78 is 0. The first-order valence-corrected chi connectivity index (χ1v) is 6.19. The molecule has 3 heteroatoms. The summed E-state index contributed by atoms with van der Waals surface area (Å²) >= 11 is 0. The van der Waals surface area contributed by atoms with Crippen LogP contribution in [0.2, 0.25) is 0 Å². The number of pyridine rings is 1. The molecular formula is C15H19N3. The van der Waals surface area contributed by atoms with Crippen LogP contribution in [0.25, 0.3) is 0 Å². The van der Waals surface area contributed by atoms with Gasteiger partial charge in [0.1, 0.15) is 0 Å². The SMILES string of the molecule is Cc1ccc(C(CN)NCc2ccccc2)cn1. The summed E-state index contributed by atoms with van der Waals surface area (Å²) in [5, 5.41) is 3.46. The Labute approximate surface area is 108 Å². The van der Waals surface area contributed by atoms with Gasteiger partial charge in [0.05, 0.1) is 0 Å². The lowest BCUT2D eigenvalue weighted by atomic mass is 10.1. The van der Waals surface area contributed by atoms with E-state index >= 15 is 0 Å². The summed E-state index contributed by atoms with van der Waals surface area (Å²) in [7, 11) is 0. The molecule has 0 aliphatic carbocycles. The van der Waals surface area contributed by atoms with Gasteiger partial charge in [-0.05, 0) is 24.1 Å². The predicted octanol–water partition coefficient (Wildman–Crippen LogP) is 2.18. The van der Waals surface area contributed by atoms with E-state index in [1.807, 2.05) is 37.4 Å². The van der Waals surface area contributed by atoms with Crippen LogP contribution in [0.4, 0.5) is 0 Å². The molecule has 94 valence electrons. The monoisotopic (exact) mass is 241 g/mol. The lowest BCUT2D eigenvalue weighted by Crippen LogP contribution is -2.27. The Bertz CT molecular complexity index is 465. The Morgan fingerprint density at radius 2 is 1.94 bits per heavy atom. The second-order valence-electron chi connectivity index (χ2n) is 4.39. The van der Waals surface area contributed by atoms with Crippen LogP contribution in [0.1, 0.15) is 22.9 Å². The molecule has 0 spiro atoms.